The van der Waals surface area contributed by atoms with Gasteiger partial charge in [-0.1, -0.05) is 12.7 Å². The molecule has 0 aromatic heterocycles. The van der Waals surface area contributed by atoms with E-state index in [1.54, 1.807) is 33.8 Å². The van der Waals surface area contributed by atoms with Crippen LogP contribution in [0.3, 0.4) is 0 Å². The number of carbonyl (C=O) groups excluding carboxylic acids is 2. The van der Waals surface area contributed by atoms with Gasteiger partial charge in [0.2, 0.25) is 0 Å². The number of unbranched alkanes of at least 4 members (excludes halogenated alkanes) is 1. The largest absolute Gasteiger partial charge is 0.433 e. The second kappa shape index (κ2) is 11.9. The fourth-order valence-corrected chi connectivity index (χ4v) is 1.36. The highest BCUT2D eigenvalue weighted by molar-refractivity contribution is 5.86. The van der Waals surface area contributed by atoms with Gasteiger partial charge in [-0.2, -0.15) is 0 Å². The normalized spacial score (nSPS) is 13.6. The maximum absolute atomic E-state index is 11.2. The number of hydrogen-bond acceptors (Lipinski definition) is 6. The molecule has 0 aromatic carbocycles. The van der Waals surface area contributed by atoms with Crippen molar-refractivity contribution in [1.82, 2.24) is 0 Å². The zero-order valence-electron chi connectivity index (χ0n) is 13.8. The zero-order valence-corrected chi connectivity index (χ0v) is 13.8. The second-order valence-corrected chi connectivity index (χ2v) is 4.71. The van der Waals surface area contributed by atoms with Crippen LogP contribution in [0.15, 0.2) is 24.3 Å². The number of ether oxygens (including phenoxy) is 4. The lowest BCUT2D eigenvalue weighted by molar-refractivity contribution is -0.173. The summed E-state index contributed by atoms with van der Waals surface area (Å²) in [5, 5.41) is 0. The summed E-state index contributed by atoms with van der Waals surface area (Å²) in [6, 6.07) is 0. The highest BCUT2D eigenvalue weighted by Crippen LogP contribution is 2.03. The standard InChI is InChI=1S/C16H26O6/c1-6-9-15(17)21-13(4)19-10-7-8-11-20-14(5)22-16(18)12(2)3/h6,9,13-14H,2,7-8,10-11H2,1,3-5H3. The van der Waals surface area contributed by atoms with Gasteiger partial charge in [0.05, 0.1) is 13.2 Å². The van der Waals surface area contributed by atoms with E-state index in [-0.39, 0.29) is 0 Å². The molecular weight excluding hydrogens is 288 g/mol. The van der Waals surface area contributed by atoms with Crippen molar-refractivity contribution in [3.63, 3.8) is 0 Å². The molecule has 0 saturated heterocycles. The summed E-state index contributed by atoms with van der Waals surface area (Å²) in [6.07, 6.45) is 3.23. The minimum atomic E-state index is -0.606. The number of carbonyl (C=O) groups is 2. The molecule has 126 valence electrons. The summed E-state index contributed by atoms with van der Waals surface area (Å²) >= 11 is 0. The fraction of sp³-hybridized carbons (Fsp3) is 0.625. The van der Waals surface area contributed by atoms with Crippen LogP contribution >= 0.6 is 0 Å². The van der Waals surface area contributed by atoms with Gasteiger partial charge in [0, 0.05) is 11.6 Å². The van der Waals surface area contributed by atoms with Gasteiger partial charge in [0.1, 0.15) is 0 Å². The molecule has 2 atom stereocenters. The van der Waals surface area contributed by atoms with E-state index in [0.29, 0.717) is 18.8 Å². The van der Waals surface area contributed by atoms with Crippen LogP contribution in [-0.2, 0) is 28.5 Å². The first kappa shape index (κ1) is 20.3. The fourth-order valence-electron chi connectivity index (χ4n) is 1.36. The highest BCUT2D eigenvalue weighted by atomic mass is 16.7. The second-order valence-electron chi connectivity index (χ2n) is 4.71. The van der Waals surface area contributed by atoms with Crippen LogP contribution in [-0.4, -0.2) is 37.7 Å². The van der Waals surface area contributed by atoms with Gasteiger partial charge < -0.3 is 18.9 Å². The molecule has 0 N–H and O–H groups in total. The maximum atomic E-state index is 11.2. The van der Waals surface area contributed by atoms with Crippen molar-refractivity contribution in [2.75, 3.05) is 13.2 Å². The lowest BCUT2D eigenvalue weighted by Gasteiger charge is -2.15. The average Bonchev–Trinajstić information content (AvgIpc) is 2.42. The van der Waals surface area contributed by atoms with Crippen LogP contribution in [0.1, 0.15) is 40.5 Å². The van der Waals surface area contributed by atoms with Crippen molar-refractivity contribution in [3.8, 4) is 0 Å². The Morgan fingerprint density at radius 2 is 1.55 bits per heavy atom. The first-order valence-electron chi connectivity index (χ1n) is 7.29. The SMILES string of the molecule is C=C(C)C(=O)OC(C)OCCCCOC(C)OC(=O)C=CC. The quantitative estimate of drug-likeness (QED) is 0.253. The van der Waals surface area contributed by atoms with Gasteiger partial charge in [-0.25, -0.2) is 9.59 Å². The van der Waals surface area contributed by atoms with Crippen molar-refractivity contribution < 1.29 is 28.5 Å². The van der Waals surface area contributed by atoms with Crippen LogP contribution in [0.2, 0.25) is 0 Å². The van der Waals surface area contributed by atoms with Gasteiger partial charge in [-0.05, 0) is 40.5 Å². The van der Waals surface area contributed by atoms with E-state index in [0.717, 1.165) is 12.8 Å². The van der Waals surface area contributed by atoms with Crippen LogP contribution in [0.5, 0.6) is 0 Å². The predicted octanol–water partition coefficient (Wildman–Crippen LogP) is 2.73. The summed E-state index contributed by atoms with van der Waals surface area (Å²) in [5.74, 6) is -0.890. The summed E-state index contributed by atoms with van der Waals surface area (Å²) in [5.41, 5.74) is 0.338. The lowest BCUT2D eigenvalue weighted by Crippen LogP contribution is -2.19. The number of allylic oxidation sites excluding steroid dienone is 1. The third-order valence-electron chi connectivity index (χ3n) is 2.45. The van der Waals surface area contributed by atoms with Crippen molar-refractivity contribution in [1.29, 1.82) is 0 Å². The van der Waals surface area contributed by atoms with Crippen molar-refractivity contribution in [2.45, 2.75) is 53.1 Å². The molecule has 0 rings (SSSR count). The molecule has 0 aliphatic rings. The first-order valence-corrected chi connectivity index (χ1v) is 7.29. The highest BCUT2D eigenvalue weighted by Gasteiger charge is 2.10. The monoisotopic (exact) mass is 314 g/mol. The van der Waals surface area contributed by atoms with E-state index in [4.69, 9.17) is 18.9 Å². The summed E-state index contributed by atoms with van der Waals surface area (Å²) < 4.78 is 20.6. The molecule has 0 bridgehead atoms. The molecule has 6 nitrogen and oxygen atoms in total. The smallest absolute Gasteiger partial charge is 0.335 e. The summed E-state index contributed by atoms with van der Waals surface area (Å²) in [4.78, 5) is 22.4. The Balaban J connectivity index is 3.59. The zero-order chi connectivity index (χ0) is 17.0. The molecule has 0 radical (unpaired) electrons. The molecule has 6 heteroatoms. The maximum Gasteiger partial charge on any atom is 0.335 e. The third kappa shape index (κ3) is 11.0. The summed E-state index contributed by atoms with van der Waals surface area (Å²) in [6.45, 7) is 11.0. The number of rotatable bonds is 11. The van der Waals surface area contributed by atoms with E-state index in [1.807, 2.05) is 0 Å². The number of hydrogen-bond donors (Lipinski definition) is 0. The molecular formula is C16H26O6. The van der Waals surface area contributed by atoms with Crippen molar-refractivity contribution >= 4 is 11.9 Å². The van der Waals surface area contributed by atoms with Gasteiger partial charge in [0.15, 0.2) is 12.6 Å². The minimum absolute atomic E-state index is 0.338. The van der Waals surface area contributed by atoms with E-state index < -0.39 is 24.5 Å². The Labute approximate surface area is 132 Å². The van der Waals surface area contributed by atoms with Crippen LogP contribution in [0, 0.1) is 0 Å². The van der Waals surface area contributed by atoms with E-state index in [2.05, 4.69) is 6.58 Å². The molecule has 0 amide bonds. The van der Waals surface area contributed by atoms with Crippen molar-refractivity contribution in [2.24, 2.45) is 0 Å². The molecule has 0 heterocycles. The Bertz CT molecular complexity index is 388. The molecule has 2 unspecified atom stereocenters. The average molecular weight is 314 g/mol. The Hall–Kier alpha value is -1.66. The molecule has 0 fully saturated rings. The molecule has 0 aliphatic carbocycles. The van der Waals surface area contributed by atoms with Crippen molar-refractivity contribution in [3.05, 3.63) is 24.3 Å². The first-order chi connectivity index (χ1) is 10.4. The van der Waals surface area contributed by atoms with Gasteiger partial charge >= 0.3 is 11.9 Å². The molecule has 0 aromatic rings. The van der Waals surface area contributed by atoms with Crippen LogP contribution < -0.4 is 0 Å². The van der Waals surface area contributed by atoms with E-state index >= 15 is 0 Å². The predicted molar refractivity (Wildman–Crippen MR) is 81.9 cm³/mol. The molecule has 0 spiro atoms. The minimum Gasteiger partial charge on any atom is -0.433 e. The Morgan fingerprint density at radius 1 is 1.05 bits per heavy atom. The molecule has 0 aliphatic heterocycles. The van der Waals surface area contributed by atoms with Crippen LogP contribution in [0.25, 0.3) is 0 Å². The van der Waals surface area contributed by atoms with Gasteiger partial charge in [-0.3, -0.25) is 0 Å². The van der Waals surface area contributed by atoms with Crippen LogP contribution in [0.4, 0.5) is 0 Å². The van der Waals surface area contributed by atoms with Gasteiger partial charge in [0.25, 0.3) is 0 Å². The molecule has 22 heavy (non-hydrogen) atoms. The number of esters is 2. The third-order valence-corrected chi connectivity index (χ3v) is 2.45. The molecule has 0 saturated carbocycles. The summed E-state index contributed by atoms with van der Waals surface area (Å²) in [7, 11) is 0. The lowest BCUT2D eigenvalue weighted by atomic mass is 10.3. The Kier molecular flexibility index (Phi) is 11.0. The van der Waals surface area contributed by atoms with E-state index in [9.17, 15) is 9.59 Å². The Morgan fingerprint density at radius 3 is 2.00 bits per heavy atom. The van der Waals surface area contributed by atoms with Gasteiger partial charge in [-0.15, -0.1) is 0 Å². The topological polar surface area (TPSA) is 71.1 Å². The van der Waals surface area contributed by atoms with E-state index in [1.165, 1.54) is 6.08 Å².